The van der Waals surface area contributed by atoms with Crippen molar-refractivity contribution in [2.75, 3.05) is 25.1 Å². The normalized spacial score (nSPS) is 12.5. The number of ether oxygens (including phenoxy) is 2. The second-order valence-corrected chi connectivity index (χ2v) is 14.3. The minimum Gasteiger partial charge on any atom is -0.493 e. The van der Waals surface area contributed by atoms with Crippen LogP contribution in [0.4, 0.5) is 5.69 Å². The van der Waals surface area contributed by atoms with Gasteiger partial charge in [0, 0.05) is 30.1 Å². The maximum absolute atomic E-state index is 14.7. The molecule has 0 spiro atoms. The molecule has 9 nitrogen and oxygen atoms in total. The van der Waals surface area contributed by atoms with Gasteiger partial charge in [-0.15, -0.1) is 0 Å². The van der Waals surface area contributed by atoms with Gasteiger partial charge in [-0.25, -0.2) is 8.42 Å². The van der Waals surface area contributed by atoms with Crippen molar-refractivity contribution in [2.24, 2.45) is 0 Å². The van der Waals surface area contributed by atoms with Gasteiger partial charge in [-0.2, -0.15) is 0 Å². The highest BCUT2D eigenvalue weighted by molar-refractivity contribution is 7.92. The molecule has 1 N–H and O–H groups in total. The van der Waals surface area contributed by atoms with Gasteiger partial charge in [0.1, 0.15) is 12.6 Å². The maximum Gasteiger partial charge on any atom is 0.264 e. The quantitative estimate of drug-likeness (QED) is 0.147. The molecule has 0 aliphatic carbocycles. The highest BCUT2D eigenvalue weighted by Crippen LogP contribution is 2.33. The van der Waals surface area contributed by atoms with Gasteiger partial charge in [0.05, 0.1) is 24.8 Å². The molecular weight excluding hydrogens is 662 g/mol. The first kappa shape index (κ1) is 37.3. The van der Waals surface area contributed by atoms with E-state index in [0.717, 1.165) is 26.6 Å². The number of amides is 2. The van der Waals surface area contributed by atoms with Crippen LogP contribution in [0.5, 0.6) is 11.5 Å². The molecule has 2 atom stereocenters. The summed E-state index contributed by atoms with van der Waals surface area (Å²) in [6.07, 6.45) is 0.910. The van der Waals surface area contributed by atoms with Crippen molar-refractivity contribution in [1.82, 2.24) is 10.2 Å². The van der Waals surface area contributed by atoms with Crippen LogP contribution in [-0.2, 0) is 32.6 Å². The molecular formula is C38H44ClN3O6S. The second kappa shape index (κ2) is 16.7. The van der Waals surface area contributed by atoms with Gasteiger partial charge in [-0.05, 0) is 85.8 Å². The fourth-order valence-electron chi connectivity index (χ4n) is 5.51. The van der Waals surface area contributed by atoms with Gasteiger partial charge in [0.2, 0.25) is 11.8 Å². The number of carbonyl (C=O) groups is 2. The second-order valence-electron chi connectivity index (χ2n) is 12.0. The van der Waals surface area contributed by atoms with Crippen molar-refractivity contribution < 1.29 is 27.5 Å². The van der Waals surface area contributed by atoms with E-state index in [0.29, 0.717) is 22.9 Å². The Morgan fingerprint density at radius 2 is 1.47 bits per heavy atom. The number of carbonyl (C=O) groups excluding carboxylic acids is 2. The van der Waals surface area contributed by atoms with Crippen LogP contribution < -0.4 is 19.1 Å². The lowest BCUT2D eigenvalue weighted by Crippen LogP contribution is -2.54. The average molecular weight is 706 g/mol. The number of halogens is 1. The summed E-state index contributed by atoms with van der Waals surface area (Å²) in [6.45, 7) is 7.06. The predicted octanol–water partition coefficient (Wildman–Crippen LogP) is 6.72. The summed E-state index contributed by atoms with van der Waals surface area (Å²) in [5.41, 5.74) is 3.54. The van der Waals surface area contributed by atoms with Crippen LogP contribution in [0.25, 0.3) is 0 Å². The molecule has 0 fully saturated rings. The molecule has 11 heteroatoms. The number of benzene rings is 4. The van der Waals surface area contributed by atoms with E-state index in [1.807, 2.05) is 64.1 Å². The Hall–Kier alpha value is -4.54. The van der Waals surface area contributed by atoms with E-state index in [1.165, 1.54) is 37.3 Å². The first-order valence-electron chi connectivity index (χ1n) is 16.1. The molecule has 2 amide bonds. The monoisotopic (exact) mass is 705 g/mol. The summed E-state index contributed by atoms with van der Waals surface area (Å²) < 4.78 is 40.9. The smallest absolute Gasteiger partial charge is 0.264 e. The van der Waals surface area contributed by atoms with Crippen molar-refractivity contribution in [3.63, 3.8) is 0 Å². The summed E-state index contributed by atoms with van der Waals surface area (Å²) in [7, 11) is -1.46. The number of nitrogens with zero attached hydrogens (tertiary/aromatic N) is 2. The zero-order valence-corrected chi connectivity index (χ0v) is 30.3. The van der Waals surface area contributed by atoms with Crippen LogP contribution in [0, 0.1) is 13.8 Å². The molecule has 0 heterocycles. The number of hydrogen-bond donors (Lipinski definition) is 1. The number of aryl methyl sites for hydroxylation is 2. The van der Waals surface area contributed by atoms with Crippen LogP contribution in [0.15, 0.2) is 95.9 Å². The van der Waals surface area contributed by atoms with Crippen molar-refractivity contribution in [3.05, 3.63) is 118 Å². The van der Waals surface area contributed by atoms with Gasteiger partial charge in [-0.3, -0.25) is 13.9 Å². The van der Waals surface area contributed by atoms with Crippen LogP contribution >= 0.6 is 11.6 Å². The summed E-state index contributed by atoms with van der Waals surface area (Å²) in [4.78, 5) is 30.1. The first-order chi connectivity index (χ1) is 23.4. The van der Waals surface area contributed by atoms with Crippen LogP contribution in [0.2, 0.25) is 5.02 Å². The number of nitrogens with one attached hydrogen (secondary N) is 1. The van der Waals surface area contributed by atoms with E-state index < -0.39 is 28.5 Å². The summed E-state index contributed by atoms with van der Waals surface area (Å²) in [5, 5.41) is 3.57. The summed E-state index contributed by atoms with van der Waals surface area (Å²) in [6, 6.07) is 25.0. The van der Waals surface area contributed by atoms with E-state index >= 15 is 0 Å². The van der Waals surface area contributed by atoms with Crippen molar-refractivity contribution >= 4 is 39.1 Å². The largest absolute Gasteiger partial charge is 0.493 e. The van der Waals surface area contributed by atoms with Gasteiger partial charge in [0.15, 0.2) is 11.5 Å². The molecule has 2 unspecified atom stereocenters. The van der Waals surface area contributed by atoms with Gasteiger partial charge in [0.25, 0.3) is 10.0 Å². The third kappa shape index (κ3) is 9.55. The zero-order chi connectivity index (χ0) is 35.7. The fraction of sp³-hybridized carbons (Fsp3) is 0.316. The van der Waals surface area contributed by atoms with Crippen LogP contribution in [0.3, 0.4) is 0 Å². The molecule has 4 aromatic carbocycles. The molecule has 0 aliphatic heterocycles. The fourth-order valence-corrected chi connectivity index (χ4v) is 7.05. The summed E-state index contributed by atoms with van der Waals surface area (Å²) in [5.74, 6) is -0.301. The number of hydrogen-bond acceptors (Lipinski definition) is 6. The summed E-state index contributed by atoms with van der Waals surface area (Å²) >= 11 is 6.18. The first-order valence-corrected chi connectivity index (χ1v) is 17.9. The lowest BCUT2D eigenvalue weighted by molar-refractivity contribution is -0.140. The Bertz CT molecular complexity index is 1830. The third-order valence-electron chi connectivity index (χ3n) is 8.25. The van der Waals surface area contributed by atoms with E-state index in [9.17, 15) is 18.0 Å². The Balaban J connectivity index is 1.85. The Morgan fingerprint density at radius 3 is 2.06 bits per heavy atom. The lowest BCUT2D eigenvalue weighted by atomic mass is 10.0. The Labute approximate surface area is 294 Å². The number of anilines is 1. The maximum atomic E-state index is 14.7. The highest BCUT2D eigenvalue weighted by atomic mass is 35.5. The van der Waals surface area contributed by atoms with E-state index in [-0.39, 0.29) is 35.6 Å². The predicted molar refractivity (Wildman–Crippen MR) is 194 cm³/mol. The minimum atomic E-state index is -4.35. The van der Waals surface area contributed by atoms with Crippen molar-refractivity contribution in [3.8, 4) is 11.5 Å². The molecule has 4 aromatic rings. The molecule has 0 saturated heterocycles. The molecule has 0 aliphatic rings. The topological polar surface area (TPSA) is 105 Å². The SMILES string of the molecule is CCC(C)NC(=O)C(Cc1ccccc1)N(Cc1ccc(Cl)cc1)C(=O)CN(c1cc(C)cc(C)c1)S(=O)(=O)c1ccc(OC)c(OC)c1. The Morgan fingerprint density at radius 1 is 0.837 bits per heavy atom. The van der Waals surface area contributed by atoms with Crippen molar-refractivity contribution in [1.29, 1.82) is 0 Å². The average Bonchev–Trinajstić information content (AvgIpc) is 3.08. The molecule has 4 rings (SSSR count). The lowest BCUT2D eigenvalue weighted by Gasteiger charge is -2.34. The van der Waals surface area contributed by atoms with Gasteiger partial charge < -0.3 is 19.7 Å². The third-order valence-corrected chi connectivity index (χ3v) is 10.3. The molecule has 0 aromatic heterocycles. The van der Waals surface area contributed by atoms with Gasteiger partial charge in [-0.1, -0.05) is 67.1 Å². The molecule has 0 bridgehead atoms. The molecule has 0 radical (unpaired) electrons. The minimum absolute atomic E-state index is 0.0402. The molecule has 49 heavy (non-hydrogen) atoms. The highest BCUT2D eigenvalue weighted by Gasteiger charge is 2.35. The number of methoxy groups -OCH3 is 2. The van der Waals surface area contributed by atoms with E-state index in [2.05, 4.69) is 5.32 Å². The van der Waals surface area contributed by atoms with Crippen molar-refractivity contribution in [2.45, 2.75) is 64.1 Å². The number of rotatable bonds is 15. The standard InChI is InChI=1S/C38H44ClN3O6S/c1-7-28(4)40-38(44)34(22-29-11-9-8-10-12-29)41(24-30-13-15-31(39)16-14-30)37(43)25-42(32-20-26(2)19-27(3)21-32)49(45,46)33-17-18-35(47-5)36(23-33)48-6/h8-21,23,28,34H,7,22,24-25H2,1-6H3,(H,40,44). The number of sulfonamides is 1. The van der Waals surface area contributed by atoms with Crippen LogP contribution in [0.1, 0.15) is 42.5 Å². The van der Waals surface area contributed by atoms with Gasteiger partial charge >= 0.3 is 0 Å². The van der Waals surface area contributed by atoms with Crippen LogP contribution in [-0.4, -0.2) is 58.0 Å². The molecule has 260 valence electrons. The van der Waals surface area contributed by atoms with E-state index in [1.54, 1.807) is 36.4 Å². The zero-order valence-electron chi connectivity index (χ0n) is 28.8. The molecule has 0 saturated carbocycles. The Kier molecular flexibility index (Phi) is 12.7. The van der Waals surface area contributed by atoms with E-state index in [4.69, 9.17) is 21.1 Å².